The Morgan fingerprint density at radius 2 is 1.94 bits per heavy atom. The summed E-state index contributed by atoms with van der Waals surface area (Å²) in [6.45, 7) is 0. The maximum atomic E-state index is 10.9. The molecule has 0 saturated carbocycles. The van der Waals surface area contributed by atoms with Crippen LogP contribution in [-0.2, 0) is 0 Å². The molecule has 2 aromatic rings. The topological polar surface area (TPSA) is 26.3 Å². The molecule has 0 unspecified atom stereocenters. The number of hydrogen-bond acceptors (Lipinski definition) is 2. The van der Waals surface area contributed by atoms with Gasteiger partial charge >= 0.3 is 0 Å². The van der Waals surface area contributed by atoms with Crippen molar-refractivity contribution in [1.82, 2.24) is 0 Å². The van der Waals surface area contributed by atoms with Gasteiger partial charge < -0.3 is 4.74 Å². The molecular formula is C14H11ClO2. The fraction of sp³-hybridized carbons (Fsp3) is 0.0714. The second kappa shape index (κ2) is 5.02. The molecule has 0 aliphatic rings. The fourth-order valence-electron chi connectivity index (χ4n) is 1.69. The van der Waals surface area contributed by atoms with Gasteiger partial charge in [0.05, 0.1) is 12.7 Å². The van der Waals surface area contributed by atoms with Crippen LogP contribution in [0.15, 0.2) is 42.5 Å². The lowest BCUT2D eigenvalue weighted by Gasteiger charge is -2.08. The first-order valence-corrected chi connectivity index (χ1v) is 5.52. The number of rotatable bonds is 3. The summed E-state index contributed by atoms with van der Waals surface area (Å²) in [7, 11) is 1.54. The molecule has 2 rings (SSSR count). The summed E-state index contributed by atoms with van der Waals surface area (Å²) in [4.78, 5) is 10.9. The third-order valence-corrected chi connectivity index (χ3v) is 2.87. The van der Waals surface area contributed by atoms with E-state index in [9.17, 15) is 4.79 Å². The Hall–Kier alpha value is -1.80. The zero-order valence-electron chi connectivity index (χ0n) is 9.31. The van der Waals surface area contributed by atoms with E-state index in [0.717, 1.165) is 17.4 Å². The van der Waals surface area contributed by atoms with Gasteiger partial charge in [-0.3, -0.25) is 4.79 Å². The highest BCUT2D eigenvalue weighted by molar-refractivity contribution is 6.33. The highest BCUT2D eigenvalue weighted by Crippen LogP contribution is 2.30. The van der Waals surface area contributed by atoms with Crippen LogP contribution in [0.25, 0.3) is 11.1 Å². The van der Waals surface area contributed by atoms with Gasteiger partial charge in [-0.1, -0.05) is 35.9 Å². The summed E-state index contributed by atoms with van der Waals surface area (Å²) in [6, 6.07) is 12.9. The minimum absolute atomic E-state index is 0.518. The summed E-state index contributed by atoms with van der Waals surface area (Å²) >= 11 is 6.11. The van der Waals surface area contributed by atoms with E-state index < -0.39 is 0 Å². The standard InChI is InChI=1S/C14H11ClO2/c1-17-14-7-6-10(8-11(14)9-16)12-4-2-3-5-13(12)15/h2-9H,1H3. The van der Waals surface area contributed by atoms with Crippen molar-refractivity contribution in [2.75, 3.05) is 7.11 Å². The molecule has 0 N–H and O–H groups in total. The zero-order chi connectivity index (χ0) is 12.3. The SMILES string of the molecule is COc1ccc(-c2ccccc2Cl)cc1C=O. The van der Waals surface area contributed by atoms with Crippen LogP contribution in [0.5, 0.6) is 5.75 Å². The molecule has 0 amide bonds. The van der Waals surface area contributed by atoms with Crippen molar-refractivity contribution in [3.63, 3.8) is 0 Å². The molecule has 2 nitrogen and oxygen atoms in total. The monoisotopic (exact) mass is 246 g/mol. The predicted molar refractivity (Wildman–Crippen MR) is 68.8 cm³/mol. The summed E-state index contributed by atoms with van der Waals surface area (Å²) < 4.78 is 5.09. The van der Waals surface area contributed by atoms with E-state index in [1.54, 1.807) is 12.1 Å². The van der Waals surface area contributed by atoms with Gasteiger partial charge in [0.25, 0.3) is 0 Å². The first kappa shape index (κ1) is 11.7. The van der Waals surface area contributed by atoms with Crippen LogP contribution in [-0.4, -0.2) is 13.4 Å². The first-order chi connectivity index (χ1) is 8.26. The van der Waals surface area contributed by atoms with E-state index in [0.29, 0.717) is 16.3 Å². The minimum atomic E-state index is 0.518. The Bertz CT molecular complexity index is 550. The Morgan fingerprint density at radius 3 is 2.59 bits per heavy atom. The smallest absolute Gasteiger partial charge is 0.153 e. The number of aldehydes is 1. The average molecular weight is 247 g/mol. The fourth-order valence-corrected chi connectivity index (χ4v) is 1.93. The van der Waals surface area contributed by atoms with Crippen LogP contribution < -0.4 is 4.74 Å². The lowest BCUT2D eigenvalue weighted by atomic mass is 10.0. The highest BCUT2D eigenvalue weighted by atomic mass is 35.5. The van der Waals surface area contributed by atoms with Crippen LogP contribution in [0.2, 0.25) is 5.02 Å². The van der Waals surface area contributed by atoms with Crippen molar-refractivity contribution >= 4 is 17.9 Å². The number of carbonyl (C=O) groups excluding carboxylic acids is 1. The zero-order valence-corrected chi connectivity index (χ0v) is 10.1. The summed E-state index contributed by atoms with van der Waals surface area (Å²) in [5, 5.41) is 0.662. The number of carbonyl (C=O) groups is 1. The van der Waals surface area contributed by atoms with E-state index in [4.69, 9.17) is 16.3 Å². The molecule has 0 radical (unpaired) electrons. The van der Waals surface area contributed by atoms with Crippen LogP contribution in [0.4, 0.5) is 0 Å². The second-order valence-electron chi connectivity index (χ2n) is 3.55. The highest BCUT2D eigenvalue weighted by Gasteiger charge is 2.07. The Balaban J connectivity index is 2.54. The Labute approximate surface area is 105 Å². The largest absolute Gasteiger partial charge is 0.496 e. The normalized spacial score (nSPS) is 10.0. The number of hydrogen-bond donors (Lipinski definition) is 0. The molecule has 0 saturated heterocycles. The molecule has 0 aliphatic heterocycles. The minimum Gasteiger partial charge on any atom is -0.496 e. The average Bonchev–Trinajstić information content (AvgIpc) is 2.38. The molecule has 0 fully saturated rings. The number of methoxy groups -OCH3 is 1. The van der Waals surface area contributed by atoms with Gasteiger partial charge in [-0.15, -0.1) is 0 Å². The number of ether oxygens (including phenoxy) is 1. The van der Waals surface area contributed by atoms with Crippen molar-refractivity contribution in [3.8, 4) is 16.9 Å². The van der Waals surface area contributed by atoms with Crippen molar-refractivity contribution in [2.45, 2.75) is 0 Å². The van der Waals surface area contributed by atoms with Crippen LogP contribution in [0.1, 0.15) is 10.4 Å². The molecule has 0 heterocycles. The quantitative estimate of drug-likeness (QED) is 0.770. The number of halogens is 1. The third-order valence-electron chi connectivity index (χ3n) is 2.54. The molecule has 0 aliphatic carbocycles. The van der Waals surface area contributed by atoms with Crippen molar-refractivity contribution in [3.05, 3.63) is 53.1 Å². The predicted octanol–water partition coefficient (Wildman–Crippen LogP) is 3.83. The van der Waals surface area contributed by atoms with E-state index in [2.05, 4.69) is 0 Å². The van der Waals surface area contributed by atoms with Gasteiger partial charge in [0, 0.05) is 10.6 Å². The van der Waals surface area contributed by atoms with E-state index in [1.807, 2.05) is 30.3 Å². The second-order valence-corrected chi connectivity index (χ2v) is 3.96. The molecule has 0 atom stereocenters. The van der Waals surface area contributed by atoms with Gasteiger partial charge in [-0.2, -0.15) is 0 Å². The van der Waals surface area contributed by atoms with E-state index >= 15 is 0 Å². The first-order valence-electron chi connectivity index (χ1n) is 5.14. The molecule has 2 aromatic carbocycles. The summed E-state index contributed by atoms with van der Waals surface area (Å²) in [5.74, 6) is 0.566. The van der Waals surface area contributed by atoms with E-state index in [-0.39, 0.29) is 0 Å². The molecule has 0 aromatic heterocycles. The van der Waals surface area contributed by atoms with Gasteiger partial charge in [0.2, 0.25) is 0 Å². The Kier molecular flexibility index (Phi) is 3.45. The lowest BCUT2D eigenvalue weighted by molar-refractivity contribution is 0.112. The molecule has 0 spiro atoms. The summed E-state index contributed by atoms with van der Waals surface area (Å²) in [5.41, 5.74) is 2.32. The molecule has 0 bridgehead atoms. The van der Waals surface area contributed by atoms with Crippen molar-refractivity contribution < 1.29 is 9.53 Å². The van der Waals surface area contributed by atoms with Crippen LogP contribution in [0.3, 0.4) is 0 Å². The lowest BCUT2D eigenvalue weighted by Crippen LogP contribution is -1.91. The van der Waals surface area contributed by atoms with E-state index in [1.165, 1.54) is 7.11 Å². The third kappa shape index (κ3) is 2.32. The van der Waals surface area contributed by atoms with Crippen LogP contribution in [0, 0.1) is 0 Å². The molecule has 17 heavy (non-hydrogen) atoms. The Morgan fingerprint density at radius 1 is 1.18 bits per heavy atom. The van der Waals surface area contributed by atoms with Crippen molar-refractivity contribution in [1.29, 1.82) is 0 Å². The molecule has 3 heteroatoms. The maximum absolute atomic E-state index is 10.9. The summed E-state index contributed by atoms with van der Waals surface area (Å²) in [6.07, 6.45) is 0.777. The van der Waals surface area contributed by atoms with Gasteiger partial charge in [0.1, 0.15) is 5.75 Å². The van der Waals surface area contributed by atoms with Gasteiger partial charge in [0.15, 0.2) is 6.29 Å². The molecular weight excluding hydrogens is 236 g/mol. The van der Waals surface area contributed by atoms with Crippen LogP contribution >= 0.6 is 11.6 Å². The van der Waals surface area contributed by atoms with Gasteiger partial charge in [-0.05, 0) is 23.8 Å². The molecule has 86 valence electrons. The number of benzene rings is 2. The van der Waals surface area contributed by atoms with Gasteiger partial charge in [-0.25, -0.2) is 0 Å². The maximum Gasteiger partial charge on any atom is 0.153 e. The van der Waals surface area contributed by atoms with Crippen molar-refractivity contribution in [2.24, 2.45) is 0 Å².